The summed E-state index contributed by atoms with van der Waals surface area (Å²) in [5, 5.41) is 17.8. The molecule has 6 rings (SSSR count). The Morgan fingerprint density at radius 3 is 2.35 bits per heavy atom. The molecule has 0 amide bonds. The van der Waals surface area contributed by atoms with E-state index in [9.17, 15) is 5.11 Å². The largest absolute Gasteiger partial charge is 0.507 e. The predicted molar refractivity (Wildman–Crippen MR) is 128 cm³/mol. The second-order valence-corrected chi connectivity index (χ2v) is 8.53. The molecule has 1 atom stereocenters. The van der Waals surface area contributed by atoms with Crippen molar-refractivity contribution in [1.29, 1.82) is 0 Å². The first-order valence-corrected chi connectivity index (χ1v) is 11.0. The molecular formula is C29H24O2. The Morgan fingerprint density at radius 2 is 1.52 bits per heavy atom. The number of ether oxygens (including phenoxy) is 1. The number of aryl methyl sites for hydroxylation is 1. The number of fused-ring (bicyclic) bond motifs is 6. The Labute approximate surface area is 181 Å². The summed E-state index contributed by atoms with van der Waals surface area (Å²) in [5.41, 5.74) is 3.84. The van der Waals surface area contributed by atoms with Gasteiger partial charge in [-0.2, -0.15) is 0 Å². The van der Waals surface area contributed by atoms with Crippen LogP contribution in [-0.4, -0.2) is 12.2 Å². The van der Waals surface area contributed by atoms with Crippen LogP contribution in [0.5, 0.6) is 11.5 Å². The zero-order valence-corrected chi connectivity index (χ0v) is 17.6. The molecule has 5 aromatic rings. The number of hydrogen-bond donors (Lipinski definition) is 1. The molecular weight excluding hydrogens is 380 g/mol. The molecule has 1 aliphatic rings. The fourth-order valence-electron chi connectivity index (χ4n) is 5.59. The van der Waals surface area contributed by atoms with Crippen LogP contribution >= 0.6 is 0 Å². The summed E-state index contributed by atoms with van der Waals surface area (Å²) >= 11 is 0. The van der Waals surface area contributed by atoms with Gasteiger partial charge < -0.3 is 9.84 Å². The number of hydrogen-bond acceptors (Lipinski definition) is 2. The molecule has 0 spiro atoms. The fraction of sp³-hybridized carbons (Fsp3) is 0.172. The van der Waals surface area contributed by atoms with Crippen molar-refractivity contribution in [2.45, 2.75) is 25.2 Å². The summed E-state index contributed by atoms with van der Waals surface area (Å²) in [6.07, 6.45) is 3.17. The van der Waals surface area contributed by atoms with Crippen LogP contribution < -0.4 is 4.74 Å². The monoisotopic (exact) mass is 404 g/mol. The van der Waals surface area contributed by atoms with E-state index in [1.165, 1.54) is 27.5 Å². The number of benzene rings is 5. The number of rotatable bonds is 2. The van der Waals surface area contributed by atoms with E-state index in [4.69, 9.17) is 4.74 Å². The Bertz CT molecular complexity index is 1460. The minimum Gasteiger partial charge on any atom is -0.507 e. The van der Waals surface area contributed by atoms with E-state index in [1.807, 2.05) is 12.1 Å². The average Bonchev–Trinajstić information content (AvgIpc) is 2.82. The lowest BCUT2D eigenvalue weighted by atomic mass is 9.76. The third-order valence-corrected chi connectivity index (χ3v) is 6.93. The minimum atomic E-state index is 0.263. The van der Waals surface area contributed by atoms with Crippen LogP contribution in [0.3, 0.4) is 0 Å². The zero-order chi connectivity index (χ0) is 20.9. The Morgan fingerprint density at radius 1 is 0.774 bits per heavy atom. The third-order valence-electron chi connectivity index (χ3n) is 6.93. The van der Waals surface area contributed by atoms with E-state index in [1.54, 1.807) is 7.11 Å². The van der Waals surface area contributed by atoms with Gasteiger partial charge in [0.2, 0.25) is 0 Å². The van der Waals surface area contributed by atoms with Crippen molar-refractivity contribution in [3.05, 3.63) is 95.6 Å². The molecule has 1 N–H and O–H groups in total. The molecule has 0 saturated heterocycles. The number of phenols is 1. The van der Waals surface area contributed by atoms with E-state index in [0.717, 1.165) is 46.6 Å². The van der Waals surface area contributed by atoms with Gasteiger partial charge in [-0.3, -0.25) is 0 Å². The predicted octanol–water partition coefficient (Wildman–Crippen LogP) is 7.33. The van der Waals surface area contributed by atoms with Gasteiger partial charge in [0.25, 0.3) is 0 Å². The fourth-order valence-corrected chi connectivity index (χ4v) is 5.59. The third kappa shape index (κ3) is 2.71. The van der Waals surface area contributed by atoms with Crippen LogP contribution in [0.2, 0.25) is 0 Å². The van der Waals surface area contributed by atoms with Crippen molar-refractivity contribution in [2.75, 3.05) is 7.11 Å². The molecule has 0 heterocycles. The molecule has 0 radical (unpaired) electrons. The average molecular weight is 405 g/mol. The first-order valence-electron chi connectivity index (χ1n) is 11.0. The van der Waals surface area contributed by atoms with E-state index >= 15 is 0 Å². The van der Waals surface area contributed by atoms with E-state index in [0.29, 0.717) is 5.75 Å². The van der Waals surface area contributed by atoms with Crippen molar-refractivity contribution in [3.8, 4) is 11.5 Å². The molecule has 0 fully saturated rings. The normalized spacial score (nSPS) is 16.0. The Kier molecular flexibility index (Phi) is 4.14. The molecule has 31 heavy (non-hydrogen) atoms. The quantitative estimate of drug-likeness (QED) is 0.312. The SMILES string of the molecule is COc1c(C2CCCc3c2ccc2c3c(O)cc3ccccc32)ccc2ccccc12. The highest BCUT2D eigenvalue weighted by Crippen LogP contribution is 2.47. The maximum absolute atomic E-state index is 11.0. The van der Waals surface area contributed by atoms with E-state index in [2.05, 4.69) is 66.7 Å². The molecule has 1 aliphatic carbocycles. The smallest absolute Gasteiger partial charge is 0.130 e. The highest BCUT2D eigenvalue weighted by molar-refractivity contribution is 6.11. The van der Waals surface area contributed by atoms with Gasteiger partial charge >= 0.3 is 0 Å². The van der Waals surface area contributed by atoms with E-state index in [-0.39, 0.29) is 5.92 Å². The molecule has 0 aliphatic heterocycles. The lowest BCUT2D eigenvalue weighted by Crippen LogP contribution is -2.13. The molecule has 2 nitrogen and oxygen atoms in total. The van der Waals surface area contributed by atoms with Crippen LogP contribution in [0, 0.1) is 0 Å². The molecule has 0 bridgehead atoms. The topological polar surface area (TPSA) is 29.5 Å². The summed E-state index contributed by atoms with van der Waals surface area (Å²) in [4.78, 5) is 0. The lowest BCUT2D eigenvalue weighted by Gasteiger charge is -2.29. The number of methoxy groups -OCH3 is 1. The highest BCUT2D eigenvalue weighted by Gasteiger charge is 2.27. The Balaban J connectivity index is 1.61. The first kappa shape index (κ1) is 18.3. The maximum atomic E-state index is 11.0. The first-order chi connectivity index (χ1) is 15.3. The molecule has 0 saturated carbocycles. The number of aromatic hydroxyl groups is 1. The zero-order valence-electron chi connectivity index (χ0n) is 17.6. The van der Waals surface area contributed by atoms with Gasteiger partial charge in [-0.05, 0) is 58.0 Å². The van der Waals surface area contributed by atoms with Crippen LogP contribution in [0.15, 0.2) is 78.9 Å². The van der Waals surface area contributed by atoms with Crippen LogP contribution in [0.25, 0.3) is 32.3 Å². The molecule has 1 unspecified atom stereocenters. The summed E-state index contributed by atoms with van der Waals surface area (Å²) in [6.45, 7) is 0. The van der Waals surface area contributed by atoms with Crippen molar-refractivity contribution < 1.29 is 9.84 Å². The summed E-state index contributed by atoms with van der Waals surface area (Å²) in [5.74, 6) is 1.62. The standard InChI is InChI=1S/C29H24O2/c1-31-29-21-10-5-2-7-18(21)13-14-26(29)22-11-6-12-24-23(22)15-16-25-20-9-4-3-8-19(20)17-27(30)28(24)25/h2-5,7-10,13-17,22,30H,6,11-12H2,1H3. The van der Waals surface area contributed by atoms with Gasteiger partial charge in [-0.15, -0.1) is 0 Å². The summed E-state index contributed by atoms with van der Waals surface area (Å²) < 4.78 is 5.95. The van der Waals surface area contributed by atoms with E-state index < -0.39 is 0 Å². The molecule has 152 valence electrons. The maximum Gasteiger partial charge on any atom is 0.130 e. The minimum absolute atomic E-state index is 0.263. The molecule has 5 aromatic carbocycles. The molecule has 0 aromatic heterocycles. The second-order valence-electron chi connectivity index (χ2n) is 8.53. The highest BCUT2D eigenvalue weighted by atomic mass is 16.5. The van der Waals surface area contributed by atoms with Gasteiger partial charge in [0.1, 0.15) is 11.5 Å². The number of phenolic OH excluding ortho intramolecular Hbond substituents is 1. The van der Waals surface area contributed by atoms with Gasteiger partial charge in [-0.1, -0.05) is 72.8 Å². The van der Waals surface area contributed by atoms with Gasteiger partial charge in [0, 0.05) is 22.3 Å². The van der Waals surface area contributed by atoms with Crippen molar-refractivity contribution >= 4 is 32.3 Å². The van der Waals surface area contributed by atoms with Crippen molar-refractivity contribution in [1.82, 2.24) is 0 Å². The van der Waals surface area contributed by atoms with Crippen molar-refractivity contribution in [3.63, 3.8) is 0 Å². The van der Waals surface area contributed by atoms with Crippen LogP contribution in [0.1, 0.15) is 35.4 Å². The second kappa shape index (κ2) is 7.02. The lowest BCUT2D eigenvalue weighted by molar-refractivity contribution is 0.410. The summed E-state index contributed by atoms with van der Waals surface area (Å²) in [7, 11) is 1.77. The van der Waals surface area contributed by atoms with Crippen LogP contribution in [-0.2, 0) is 6.42 Å². The van der Waals surface area contributed by atoms with Crippen LogP contribution in [0.4, 0.5) is 0 Å². The summed E-state index contributed by atoms with van der Waals surface area (Å²) in [6, 6.07) is 27.5. The van der Waals surface area contributed by atoms with Gasteiger partial charge in [0.15, 0.2) is 0 Å². The van der Waals surface area contributed by atoms with Gasteiger partial charge in [-0.25, -0.2) is 0 Å². The molecule has 2 heteroatoms. The Hall–Kier alpha value is -3.52. The van der Waals surface area contributed by atoms with Gasteiger partial charge in [0.05, 0.1) is 7.11 Å². The van der Waals surface area contributed by atoms with Crippen molar-refractivity contribution in [2.24, 2.45) is 0 Å².